The maximum atomic E-state index is 12.7. The number of anilines is 1. The van der Waals surface area contributed by atoms with Crippen LogP contribution in [0.2, 0.25) is 5.02 Å². The zero-order valence-corrected chi connectivity index (χ0v) is 18.5. The van der Waals surface area contributed by atoms with Crippen molar-refractivity contribution < 1.29 is 23.5 Å². The lowest BCUT2D eigenvalue weighted by molar-refractivity contribution is -0.149. The number of fused-ring (bicyclic) bond motifs is 1. The van der Waals surface area contributed by atoms with E-state index < -0.39 is 17.5 Å². The average molecular weight is 456 g/mol. The van der Waals surface area contributed by atoms with Crippen molar-refractivity contribution in [3.8, 4) is 5.75 Å². The molecule has 7 nitrogen and oxygen atoms in total. The first-order valence-electron chi connectivity index (χ1n) is 10.3. The largest absolute Gasteiger partial charge is 0.495 e. The molecule has 0 bridgehead atoms. The van der Waals surface area contributed by atoms with Gasteiger partial charge in [0.25, 0.3) is 0 Å². The topological polar surface area (TPSA) is 86.0 Å². The maximum Gasteiger partial charge on any atom is 0.336 e. The summed E-state index contributed by atoms with van der Waals surface area (Å²) in [6.45, 7) is 2.03. The monoisotopic (exact) mass is 455 g/mol. The summed E-state index contributed by atoms with van der Waals surface area (Å²) in [7, 11) is 1.53. The molecule has 1 saturated heterocycles. The Morgan fingerprint density at radius 2 is 1.97 bits per heavy atom. The van der Waals surface area contributed by atoms with Gasteiger partial charge in [-0.05, 0) is 36.2 Å². The van der Waals surface area contributed by atoms with Crippen LogP contribution in [0.1, 0.15) is 24.5 Å². The summed E-state index contributed by atoms with van der Waals surface area (Å²) in [6, 6.07) is 11.9. The third kappa shape index (κ3) is 4.21. The van der Waals surface area contributed by atoms with Gasteiger partial charge in [-0.3, -0.25) is 9.59 Å². The fourth-order valence-electron chi connectivity index (χ4n) is 3.90. The highest BCUT2D eigenvalue weighted by Crippen LogP contribution is 2.33. The second-order valence-corrected chi connectivity index (χ2v) is 7.98. The van der Waals surface area contributed by atoms with Gasteiger partial charge < -0.3 is 18.8 Å². The molecule has 3 aromatic rings. The van der Waals surface area contributed by atoms with Crippen LogP contribution in [0.4, 0.5) is 5.69 Å². The molecule has 0 saturated carbocycles. The molecule has 2 aromatic carbocycles. The van der Waals surface area contributed by atoms with Gasteiger partial charge >= 0.3 is 11.6 Å². The minimum Gasteiger partial charge on any atom is -0.495 e. The number of benzene rings is 2. The Bertz CT molecular complexity index is 1250. The highest BCUT2D eigenvalue weighted by Gasteiger charge is 2.37. The number of nitrogens with zero attached hydrogens (tertiary/aromatic N) is 1. The Morgan fingerprint density at radius 3 is 2.72 bits per heavy atom. The summed E-state index contributed by atoms with van der Waals surface area (Å²) in [5.41, 5.74) is 1.83. The van der Waals surface area contributed by atoms with Gasteiger partial charge in [0, 0.05) is 35.0 Å². The number of methoxy groups -OCH3 is 1. The van der Waals surface area contributed by atoms with E-state index in [1.807, 2.05) is 13.0 Å². The second-order valence-electron chi connectivity index (χ2n) is 7.57. The number of amides is 1. The number of esters is 1. The fraction of sp³-hybridized carbons (Fsp3) is 0.292. The third-order valence-electron chi connectivity index (χ3n) is 5.58. The van der Waals surface area contributed by atoms with Gasteiger partial charge in [-0.15, -0.1) is 0 Å². The second kappa shape index (κ2) is 9.04. The van der Waals surface area contributed by atoms with E-state index in [0.29, 0.717) is 39.4 Å². The highest BCUT2D eigenvalue weighted by atomic mass is 35.5. The van der Waals surface area contributed by atoms with Crippen LogP contribution in [-0.4, -0.2) is 25.5 Å². The zero-order chi connectivity index (χ0) is 22.8. The summed E-state index contributed by atoms with van der Waals surface area (Å²) < 4.78 is 16.1. The lowest BCUT2D eigenvalue weighted by atomic mass is 10.1. The smallest absolute Gasteiger partial charge is 0.336 e. The molecule has 166 valence electrons. The molecule has 1 atom stereocenters. The zero-order valence-electron chi connectivity index (χ0n) is 17.7. The van der Waals surface area contributed by atoms with Crippen molar-refractivity contribution in [1.29, 1.82) is 0 Å². The first kappa shape index (κ1) is 21.9. The van der Waals surface area contributed by atoms with Crippen LogP contribution >= 0.6 is 11.6 Å². The minimum absolute atomic E-state index is 0.0419. The number of rotatable bonds is 6. The molecule has 0 aliphatic carbocycles. The highest BCUT2D eigenvalue weighted by molar-refractivity contribution is 6.32. The van der Waals surface area contributed by atoms with Gasteiger partial charge in [0.2, 0.25) is 5.91 Å². The van der Waals surface area contributed by atoms with E-state index >= 15 is 0 Å². The summed E-state index contributed by atoms with van der Waals surface area (Å²) in [4.78, 5) is 38.8. The number of halogens is 1. The number of para-hydroxylation sites is 2. The van der Waals surface area contributed by atoms with Crippen molar-refractivity contribution in [2.75, 3.05) is 18.6 Å². The Labute approximate surface area is 189 Å². The number of hydrogen-bond acceptors (Lipinski definition) is 6. The summed E-state index contributed by atoms with van der Waals surface area (Å²) >= 11 is 6.32. The molecule has 1 fully saturated rings. The van der Waals surface area contributed by atoms with Gasteiger partial charge in [-0.2, -0.15) is 0 Å². The summed E-state index contributed by atoms with van der Waals surface area (Å²) in [5.74, 6) is -0.746. The van der Waals surface area contributed by atoms with Crippen LogP contribution < -0.4 is 15.3 Å². The Morgan fingerprint density at radius 1 is 1.19 bits per heavy atom. The van der Waals surface area contributed by atoms with E-state index in [0.717, 1.165) is 5.56 Å². The Hall–Kier alpha value is -3.32. The van der Waals surface area contributed by atoms with Crippen LogP contribution in [-0.2, 0) is 27.4 Å². The van der Waals surface area contributed by atoms with E-state index in [4.69, 9.17) is 25.5 Å². The van der Waals surface area contributed by atoms with Gasteiger partial charge in [0.15, 0.2) is 0 Å². The molecule has 1 aliphatic heterocycles. The van der Waals surface area contributed by atoms with E-state index in [1.165, 1.54) is 18.1 Å². The molecule has 8 heteroatoms. The van der Waals surface area contributed by atoms with E-state index in [9.17, 15) is 14.4 Å². The lowest BCUT2D eigenvalue weighted by Crippen LogP contribution is -2.26. The molecule has 32 heavy (non-hydrogen) atoms. The molecule has 2 heterocycles. The Balaban J connectivity index is 1.51. The molecule has 4 rings (SSSR count). The first-order valence-corrected chi connectivity index (χ1v) is 10.6. The fourth-order valence-corrected chi connectivity index (χ4v) is 4.19. The third-order valence-corrected chi connectivity index (χ3v) is 5.93. The van der Waals surface area contributed by atoms with Crippen molar-refractivity contribution in [1.82, 2.24) is 0 Å². The summed E-state index contributed by atoms with van der Waals surface area (Å²) in [5, 5.41) is 1.16. The predicted molar refractivity (Wildman–Crippen MR) is 120 cm³/mol. The van der Waals surface area contributed by atoms with E-state index in [-0.39, 0.29) is 25.5 Å². The van der Waals surface area contributed by atoms with Gasteiger partial charge in [0.05, 0.1) is 18.7 Å². The molecule has 1 amide bonds. The number of hydrogen-bond donors (Lipinski definition) is 0. The van der Waals surface area contributed by atoms with Crippen molar-refractivity contribution in [3.63, 3.8) is 0 Å². The van der Waals surface area contributed by atoms with Crippen LogP contribution in [0, 0.1) is 5.92 Å². The van der Waals surface area contributed by atoms with Gasteiger partial charge in [-0.1, -0.05) is 30.7 Å². The van der Waals surface area contributed by atoms with E-state index in [1.54, 1.807) is 30.3 Å². The minimum atomic E-state index is -0.617. The average Bonchev–Trinajstić information content (AvgIpc) is 3.18. The Kier molecular flexibility index (Phi) is 6.19. The molecule has 0 radical (unpaired) electrons. The van der Waals surface area contributed by atoms with Crippen LogP contribution in [0.3, 0.4) is 0 Å². The lowest BCUT2D eigenvalue weighted by Gasteiger charge is -2.19. The molecule has 1 aliphatic rings. The first-order chi connectivity index (χ1) is 15.4. The van der Waals surface area contributed by atoms with Gasteiger partial charge in [-0.25, -0.2) is 4.79 Å². The van der Waals surface area contributed by atoms with Crippen molar-refractivity contribution in [2.45, 2.75) is 26.4 Å². The van der Waals surface area contributed by atoms with Crippen LogP contribution in [0.25, 0.3) is 11.0 Å². The molecule has 0 N–H and O–H groups in total. The summed E-state index contributed by atoms with van der Waals surface area (Å²) in [6.07, 6.45) is 0.732. The van der Waals surface area contributed by atoms with Crippen molar-refractivity contribution >= 4 is 40.1 Å². The van der Waals surface area contributed by atoms with E-state index in [2.05, 4.69) is 0 Å². The number of carbonyl (C=O) groups excluding carboxylic acids is 2. The number of ether oxygens (including phenoxy) is 2. The van der Waals surface area contributed by atoms with Crippen LogP contribution in [0.15, 0.2) is 51.7 Å². The molecular weight excluding hydrogens is 434 g/mol. The maximum absolute atomic E-state index is 12.7. The van der Waals surface area contributed by atoms with Gasteiger partial charge in [0.1, 0.15) is 17.9 Å². The standard InChI is InChI=1S/C24H22ClNO6/c1-3-14-8-21-17(11-18(14)25)16(10-23(28)32-21)13-31-24(29)15-9-22(27)26(12-15)19-6-4-5-7-20(19)30-2/h4-8,10-11,15H,3,9,12-13H2,1-2H3/t15-/m0/s1. The normalized spacial score (nSPS) is 15.9. The molecule has 1 aromatic heterocycles. The molecular formula is C24H22ClNO6. The molecule has 0 unspecified atom stereocenters. The SMILES string of the molecule is CCc1cc2oc(=O)cc(COC(=O)[C@H]3CC(=O)N(c4ccccc4OC)C3)c2cc1Cl. The number of carbonyl (C=O) groups is 2. The molecule has 0 spiro atoms. The van der Waals surface area contributed by atoms with Crippen molar-refractivity contribution in [2.24, 2.45) is 5.92 Å². The number of aryl methyl sites for hydroxylation is 1. The van der Waals surface area contributed by atoms with Crippen LogP contribution in [0.5, 0.6) is 5.75 Å². The quantitative estimate of drug-likeness (QED) is 0.410. The predicted octanol–water partition coefficient (Wildman–Crippen LogP) is 4.11. The van der Waals surface area contributed by atoms with Crippen molar-refractivity contribution in [3.05, 3.63) is 69.0 Å².